The Kier molecular flexibility index (Phi) is 5.60. The fraction of sp³-hybridized carbons (Fsp3) is 0.364. The molecule has 1 fully saturated rings. The van der Waals surface area contributed by atoms with Crippen LogP contribution in [0.3, 0.4) is 0 Å². The van der Waals surface area contributed by atoms with Gasteiger partial charge in [-0.1, -0.05) is 12.1 Å². The van der Waals surface area contributed by atoms with E-state index in [9.17, 15) is 9.59 Å². The molecule has 0 aromatic heterocycles. The van der Waals surface area contributed by atoms with Gasteiger partial charge in [-0.2, -0.15) is 0 Å². The van der Waals surface area contributed by atoms with Crippen LogP contribution in [-0.2, 0) is 4.79 Å². The number of anilines is 1. The Morgan fingerprint density at radius 3 is 2.67 bits per heavy atom. The predicted octanol–water partition coefficient (Wildman–Crippen LogP) is 3.65. The van der Waals surface area contributed by atoms with Crippen LogP contribution in [0.2, 0.25) is 0 Å². The van der Waals surface area contributed by atoms with Gasteiger partial charge in [0, 0.05) is 25.8 Å². The molecule has 1 saturated carbocycles. The maximum atomic E-state index is 13.2. The van der Waals surface area contributed by atoms with Gasteiger partial charge in [0.2, 0.25) is 0 Å². The highest BCUT2D eigenvalue weighted by molar-refractivity contribution is 9.10. The number of nitrogens with one attached hydrogen (secondary N) is 1. The van der Waals surface area contributed by atoms with E-state index in [-0.39, 0.29) is 30.6 Å². The first kappa shape index (κ1) is 20.5. The molecule has 1 unspecified atom stereocenters. The second kappa shape index (κ2) is 8.18. The summed E-state index contributed by atoms with van der Waals surface area (Å²) in [7, 11) is 4.91. The van der Waals surface area contributed by atoms with Crippen LogP contribution in [0.1, 0.15) is 34.9 Å². The number of carbonyl (C=O) groups is 2. The van der Waals surface area contributed by atoms with Gasteiger partial charge >= 0.3 is 0 Å². The maximum absolute atomic E-state index is 13.2. The molecule has 2 amide bonds. The van der Waals surface area contributed by atoms with E-state index in [0.717, 1.165) is 24.1 Å². The Morgan fingerprint density at radius 1 is 1.27 bits per heavy atom. The van der Waals surface area contributed by atoms with E-state index in [1.165, 1.54) is 4.90 Å². The van der Waals surface area contributed by atoms with E-state index in [0.29, 0.717) is 21.5 Å². The van der Waals surface area contributed by atoms with Crippen LogP contribution in [-0.4, -0.2) is 55.5 Å². The lowest BCUT2D eigenvalue weighted by Crippen LogP contribution is -2.44. The minimum Gasteiger partial charge on any atom is -0.493 e. The Labute approximate surface area is 184 Å². The summed E-state index contributed by atoms with van der Waals surface area (Å²) in [4.78, 5) is 28.5. The number of amides is 2. The molecule has 8 heteroatoms. The number of likely N-dealkylation sites (N-methyl/N-ethyl adjacent to an activating group) is 1. The summed E-state index contributed by atoms with van der Waals surface area (Å²) in [6.07, 6.45) is 1.68. The van der Waals surface area contributed by atoms with Gasteiger partial charge in [0.05, 0.1) is 17.1 Å². The zero-order valence-corrected chi connectivity index (χ0v) is 18.7. The van der Waals surface area contributed by atoms with Crippen molar-refractivity contribution in [2.24, 2.45) is 0 Å². The van der Waals surface area contributed by atoms with Crippen molar-refractivity contribution in [2.75, 3.05) is 33.1 Å². The molecule has 2 aromatic carbocycles. The maximum Gasteiger partial charge on any atom is 0.259 e. The number of nitrogens with zero attached hydrogens (tertiary/aromatic N) is 2. The SMILES string of the molecule is COc1cc(C2Nc3ccccc3C(=O)N2C2CC2)cc(Br)c1OCC(=O)N(C)C. The third-order valence-electron chi connectivity index (χ3n) is 5.31. The van der Waals surface area contributed by atoms with Gasteiger partial charge in [-0.05, 0) is 58.6 Å². The average molecular weight is 474 g/mol. The van der Waals surface area contributed by atoms with Crippen LogP contribution < -0.4 is 14.8 Å². The molecule has 4 rings (SSSR count). The summed E-state index contributed by atoms with van der Waals surface area (Å²) in [5.41, 5.74) is 2.38. The zero-order valence-electron chi connectivity index (χ0n) is 17.1. The van der Waals surface area contributed by atoms with Crippen molar-refractivity contribution in [3.05, 3.63) is 52.0 Å². The van der Waals surface area contributed by atoms with Gasteiger partial charge in [0.1, 0.15) is 6.17 Å². The fourth-order valence-corrected chi connectivity index (χ4v) is 4.12. The Morgan fingerprint density at radius 2 is 2.00 bits per heavy atom. The van der Waals surface area contributed by atoms with Gasteiger partial charge in [-0.3, -0.25) is 9.59 Å². The molecule has 1 aliphatic carbocycles. The van der Waals surface area contributed by atoms with Gasteiger partial charge in [-0.15, -0.1) is 0 Å². The number of methoxy groups -OCH3 is 1. The van der Waals surface area contributed by atoms with Gasteiger partial charge in [0.15, 0.2) is 18.1 Å². The van der Waals surface area contributed by atoms with Crippen molar-refractivity contribution >= 4 is 33.4 Å². The Bertz CT molecular complexity index is 990. The van der Waals surface area contributed by atoms with Crippen molar-refractivity contribution < 1.29 is 19.1 Å². The molecule has 0 bridgehead atoms. The van der Waals surface area contributed by atoms with E-state index >= 15 is 0 Å². The molecule has 30 heavy (non-hydrogen) atoms. The monoisotopic (exact) mass is 473 g/mol. The highest BCUT2D eigenvalue weighted by Crippen LogP contribution is 2.44. The highest BCUT2D eigenvalue weighted by Gasteiger charge is 2.42. The van der Waals surface area contributed by atoms with Crippen LogP contribution in [0.5, 0.6) is 11.5 Å². The van der Waals surface area contributed by atoms with Crippen LogP contribution >= 0.6 is 15.9 Å². The smallest absolute Gasteiger partial charge is 0.259 e. The summed E-state index contributed by atoms with van der Waals surface area (Å²) in [5.74, 6) is 0.833. The number of hydrogen-bond donors (Lipinski definition) is 1. The predicted molar refractivity (Wildman–Crippen MR) is 117 cm³/mol. The molecule has 1 aliphatic heterocycles. The summed E-state index contributed by atoms with van der Waals surface area (Å²) in [6.45, 7) is -0.0942. The van der Waals surface area contributed by atoms with Crippen LogP contribution in [0.4, 0.5) is 5.69 Å². The van der Waals surface area contributed by atoms with Crippen LogP contribution in [0, 0.1) is 0 Å². The molecular formula is C22H24BrN3O4. The number of benzene rings is 2. The number of ether oxygens (including phenoxy) is 2. The summed E-state index contributed by atoms with van der Waals surface area (Å²) in [5, 5.41) is 3.51. The molecule has 1 heterocycles. The molecule has 7 nitrogen and oxygen atoms in total. The van der Waals surface area contributed by atoms with E-state index in [1.54, 1.807) is 21.2 Å². The quantitative estimate of drug-likeness (QED) is 0.692. The van der Waals surface area contributed by atoms with E-state index < -0.39 is 0 Å². The largest absolute Gasteiger partial charge is 0.493 e. The van der Waals surface area contributed by atoms with Gasteiger partial charge < -0.3 is 24.6 Å². The Hall–Kier alpha value is -2.74. The number of carbonyl (C=O) groups excluding carboxylic acids is 2. The number of fused-ring (bicyclic) bond motifs is 1. The second-order valence-corrected chi connectivity index (χ2v) is 8.50. The second-order valence-electron chi connectivity index (χ2n) is 7.65. The highest BCUT2D eigenvalue weighted by atomic mass is 79.9. The summed E-state index contributed by atoms with van der Waals surface area (Å²) in [6, 6.07) is 11.6. The topological polar surface area (TPSA) is 71.1 Å². The van der Waals surface area contributed by atoms with Crippen LogP contribution in [0.15, 0.2) is 40.9 Å². The van der Waals surface area contributed by atoms with Gasteiger partial charge in [0.25, 0.3) is 11.8 Å². The van der Waals surface area contributed by atoms with E-state index in [4.69, 9.17) is 9.47 Å². The van der Waals surface area contributed by atoms with Crippen molar-refractivity contribution in [3.8, 4) is 11.5 Å². The number of rotatable bonds is 6. The standard InChI is InChI=1S/C22H24BrN3O4/c1-25(2)19(27)12-30-20-16(23)10-13(11-18(20)29-3)21-24-17-7-5-4-6-15(17)22(28)26(21)14-8-9-14/h4-7,10-11,14,21,24H,8-9,12H2,1-3H3. The molecule has 1 atom stereocenters. The number of hydrogen-bond acceptors (Lipinski definition) is 5. The first-order valence-corrected chi connectivity index (χ1v) is 10.6. The third kappa shape index (κ3) is 3.84. The lowest BCUT2D eigenvalue weighted by Gasteiger charge is -2.38. The molecular weight excluding hydrogens is 450 g/mol. The molecule has 0 saturated heterocycles. The molecule has 1 N–H and O–H groups in total. The van der Waals surface area contributed by atoms with Gasteiger partial charge in [-0.25, -0.2) is 0 Å². The van der Waals surface area contributed by atoms with Crippen molar-refractivity contribution in [1.29, 1.82) is 0 Å². The zero-order chi connectivity index (χ0) is 21.4. The number of para-hydroxylation sites is 1. The van der Waals surface area contributed by atoms with E-state index in [1.807, 2.05) is 41.3 Å². The van der Waals surface area contributed by atoms with Crippen LogP contribution in [0.25, 0.3) is 0 Å². The third-order valence-corrected chi connectivity index (χ3v) is 5.90. The molecule has 0 radical (unpaired) electrons. The van der Waals surface area contributed by atoms with Crippen molar-refractivity contribution in [1.82, 2.24) is 9.80 Å². The average Bonchev–Trinajstić information content (AvgIpc) is 3.57. The lowest BCUT2D eigenvalue weighted by molar-refractivity contribution is -0.130. The summed E-state index contributed by atoms with van der Waals surface area (Å²) < 4.78 is 11.9. The van der Waals surface area contributed by atoms with Crippen molar-refractivity contribution in [3.63, 3.8) is 0 Å². The lowest BCUT2D eigenvalue weighted by atomic mass is 10.0. The molecule has 2 aromatic rings. The fourth-order valence-electron chi connectivity index (χ4n) is 3.54. The molecule has 2 aliphatic rings. The Balaban J connectivity index is 1.68. The van der Waals surface area contributed by atoms with Crippen molar-refractivity contribution in [2.45, 2.75) is 25.0 Å². The summed E-state index contributed by atoms with van der Waals surface area (Å²) >= 11 is 3.55. The normalized spacial score (nSPS) is 17.8. The number of halogens is 1. The first-order valence-electron chi connectivity index (χ1n) is 9.79. The molecule has 0 spiro atoms. The molecule has 158 valence electrons. The first-order chi connectivity index (χ1) is 14.4. The minimum atomic E-state index is -0.317. The van der Waals surface area contributed by atoms with E-state index in [2.05, 4.69) is 21.2 Å². The minimum absolute atomic E-state index is 0.0313.